The largest absolute Gasteiger partial charge is 0.341 e. The molecule has 2 heterocycles. The van der Waals surface area contributed by atoms with Gasteiger partial charge in [0.25, 0.3) is 0 Å². The van der Waals surface area contributed by atoms with Crippen LogP contribution in [0, 0.1) is 0 Å². The first kappa shape index (κ1) is 23.2. The second-order valence-corrected chi connectivity index (χ2v) is 9.34. The van der Waals surface area contributed by atoms with Gasteiger partial charge in [-0.15, -0.1) is 0 Å². The number of rotatable bonds is 7. The van der Waals surface area contributed by atoms with E-state index in [-0.39, 0.29) is 5.91 Å². The summed E-state index contributed by atoms with van der Waals surface area (Å²) in [6, 6.07) is 7.42. The predicted octanol–water partition coefficient (Wildman–Crippen LogP) is 2.70. The molecule has 2 aliphatic rings. The number of nitrogens with two attached hydrogens (primary N) is 1. The first-order chi connectivity index (χ1) is 14.4. The molecule has 2 saturated heterocycles. The van der Waals surface area contributed by atoms with E-state index in [4.69, 9.17) is 5.73 Å². The van der Waals surface area contributed by atoms with Gasteiger partial charge in [-0.2, -0.15) is 0 Å². The van der Waals surface area contributed by atoms with Gasteiger partial charge in [-0.25, -0.2) is 0 Å². The van der Waals surface area contributed by atoms with E-state index in [1.165, 1.54) is 16.7 Å². The number of amides is 1. The number of likely N-dealkylation sites (tertiary alicyclic amines) is 1. The number of aryl methyl sites for hydroxylation is 2. The average Bonchev–Trinajstić information content (AvgIpc) is 2.78. The fourth-order valence-corrected chi connectivity index (χ4v) is 5.13. The molecule has 30 heavy (non-hydrogen) atoms. The summed E-state index contributed by atoms with van der Waals surface area (Å²) in [4.78, 5) is 20.2. The van der Waals surface area contributed by atoms with Crippen molar-refractivity contribution in [3.8, 4) is 0 Å². The molecule has 1 aromatic carbocycles. The van der Waals surface area contributed by atoms with E-state index in [1.807, 2.05) is 4.90 Å². The lowest BCUT2D eigenvalue weighted by molar-refractivity contribution is -0.134. The molecule has 168 valence electrons. The Morgan fingerprint density at radius 3 is 2.20 bits per heavy atom. The fraction of sp³-hybridized carbons (Fsp3) is 0.720. The number of benzene rings is 1. The molecule has 1 atom stereocenters. The number of nitrogens with zero attached hydrogens (tertiary/aromatic N) is 3. The highest BCUT2D eigenvalue weighted by molar-refractivity contribution is 5.82. The number of carbonyl (C=O) groups is 1. The Morgan fingerprint density at radius 2 is 1.63 bits per heavy atom. The maximum atomic E-state index is 13.0. The Bertz CT molecular complexity index is 688. The van der Waals surface area contributed by atoms with Gasteiger partial charge < -0.3 is 10.6 Å². The van der Waals surface area contributed by atoms with Crippen LogP contribution < -0.4 is 5.73 Å². The second-order valence-electron chi connectivity index (χ2n) is 9.34. The van der Waals surface area contributed by atoms with Gasteiger partial charge in [0.1, 0.15) is 0 Å². The molecule has 3 rings (SSSR count). The topological polar surface area (TPSA) is 52.8 Å². The van der Waals surface area contributed by atoms with Gasteiger partial charge in [0.2, 0.25) is 5.91 Å². The van der Waals surface area contributed by atoms with Crippen LogP contribution in [0.25, 0.3) is 0 Å². The second kappa shape index (κ2) is 10.7. The summed E-state index contributed by atoms with van der Waals surface area (Å²) >= 11 is 0. The van der Waals surface area contributed by atoms with Crippen LogP contribution in [0.1, 0.15) is 57.2 Å². The van der Waals surface area contributed by atoms with Crippen LogP contribution >= 0.6 is 0 Å². The third kappa shape index (κ3) is 5.63. The van der Waals surface area contributed by atoms with Gasteiger partial charge in [-0.3, -0.25) is 14.6 Å². The highest BCUT2D eigenvalue weighted by Crippen LogP contribution is 2.20. The number of carbonyl (C=O) groups excluding carboxylic acids is 1. The number of hydrogen-bond acceptors (Lipinski definition) is 4. The predicted molar refractivity (Wildman–Crippen MR) is 125 cm³/mol. The van der Waals surface area contributed by atoms with Gasteiger partial charge >= 0.3 is 0 Å². The van der Waals surface area contributed by atoms with Gasteiger partial charge in [-0.1, -0.05) is 32.0 Å². The Morgan fingerprint density at radius 1 is 1.00 bits per heavy atom. The van der Waals surface area contributed by atoms with Gasteiger partial charge in [-0.05, 0) is 62.6 Å². The van der Waals surface area contributed by atoms with Crippen molar-refractivity contribution in [3.05, 3.63) is 34.9 Å². The monoisotopic (exact) mass is 414 g/mol. The van der Waals surface area contributed by atoms with Crippen molar-refractivity contribution in [3.63, 3.8) is 0 Å². The molecule has 5 nitrogen and oxygen atoms in total. The minimum Gasteiger partial charge on any atom is -0.341 e. The lowest BCUT2D eigenvalue weighted by atomic mass is 9.96. The van der Waals surface area contributed by atoms with Crippen LogP contribution in [0.3, 0.4) is 0 Å². The molecule has 0 saturated carbocycles. The van der Waals surface area contributed by atoms with Crippen molar-refractivity contribution in [2.24, 2.45) is 5.73 Å². The molecule has 0 aromatic heterocycles. The van der Waals surface area contributed by atoms with E-state index in [0.29, 0.717) is 18.5 Å². The van der Waals surface area contributed by atoms with Crippen LogP contribution in [-0.4, -0.2) is 78.0 Å². The van der Waals surface area contributed by atoms with Crippen molar-refractivity contribution in [2.75, 3.05) is 39.3 Å². The van der Waals surface area contributed by atoms with E-state index in [0.717, 1.165) is 65.0 Å². The zero-order valence-corrected chi connectivity index (χ0v) is 19.6. The molecule has 2 fully saturated rings. The van der Waals surface area contributed by atoms with Crippen LogP contribution in [0.4, 0.5) is 0 Å². The Labute approximate surface area is 183 Å². The Kier molecular flexibility index (Phi) is 8.32. The standard InChI is InChI=1S/C25H42N4O/c1-5-21-8-7-20(17-22(21)6-2)18-24(26)25(30)29-11-9-23(10-12-29)28-15-13-27(14-16-28)19(3)4/h7-8,17,19,23-24H,5-6,9-16,18,26H2,1-4H3/t24-/m1/s1. The van der Waals surface area contributed by atoms with Crippen molar-refractivity contribution >= 4 is 5.91 Å². The normalized spacial score (nSPS) is 20.7. The third-order valence-corrected chi connectivity index (χ3v) is 7.18. The van der Waals surface area contributed by atoms with Crippen LogP contribution in [-0.2, 0) is 24.1 Å². The van der Waals surface area contributed by atoms with Crippen LogP contribution in [0.2, 0.25) is 0 Å². The summed E-state index contributed by atoms with van der Waals surface area (Å²) in [5.41, 5.74) is 10.3. The number of hydrogen-bond donors (Lipinski definition) is 1. The molecule has 0 bridgehead atoms. The van der Waals surface area contributed by atoms with Crippen LogP contribution in [0.15, 0.2) is 18.2 Å². The average molecular weight is 415 g/mol. The van der Waals surface area contributed by atoms with Gasteiger partial charge in [0.05, 0.1) is 6.04 Å². The summed E-state index contributed by atoms with van der Waals surface area (Å²) < 4.78 is 0. The Hall–Kier alpha value is -1.43. The van der Waals surface area contributed by atoms with Gasteiger partial charge in [0.15, 0.2) is 0 Å². The molecule has 0 unspecified atom stereocenters. The molecular formula is C25H42N4O. The van der Waals surface area contributed by atoms with E-state index in [9.17, 15) is 4.79 Å². The summed E-state index contributed by atoms with van der Waals surface area (Å²) in [6.45, 7) is 15.3. The smallest absolute Gasteiger partial charge is 0.239 e. The minimum absolute atomic E-state index is 0.121. The van der Waals surface area contributed by atoms with E-state index < -0.39 is 6.04 Å². The fourth-order valence-electron chi connectivity index (χ4n) is 5.13. The lowest BCUT2D eigenvalue weighted by Gasteiger charge is -2.44. The molecule has 1 aromatic rings. The van der Waals surface area contributed by atoms with Crippen molar-refractivity contribution in [2.45, 2.75) is 77.9 Å². The molecule has 5 heteroatoms. The van der Waals surface area contributed by atoms with E-state index in [2.05, 4.69) is 55.7 Å². The number of piperazine rings is 1. The summed E-state index contributed by atoms with van der Waals surface area (Å²) in [6.07, 6.45) is 4.86. The zero-order valence-electron chi connectivity index (χ0n) is 19.6. The summed E-state index contributed by atoms with van der Waals surface area (Å²) in [5, 5.41) is 0. The highest BCUT2D eigenvalue weighted by atomic mass is 16.2. The van der Waals surface area contributed by atoms with Crippen molar-refractivity contribution < 1.29 is 4.79 Å². The Balaban J connectivity index is 1.48. The first-order valence-electron chi connectivity index (χ1n) is 12.1. The first-order valence-corrected chi connectivity index (χ1v) is 12.1. The van der Waals surface area contributed by atoms with E-state index in [1.54, 1.807) is 0 Å². The van der Waals surface area contributed by atoms with Crippen molar-refractivity contribution in [1.29, 1.82) is 0 Å². The zero-order chi connectivity index (χ0) is 21.7. The molecule has 2 N–H and O–H groups in total. The van der Waals surface area contributed by atoms with Crippen LogP contribution in [0.5, 0.6) is 0 Å². The lowest BCUT2D eigenvalue weighted by Crippen LogP contribution is -2.56. The summed E-state index contributed by atoms with van der Waals surface area (Å²) in [7, 11) is 0. The molecule has 0 aliphatic carbocycles. The SMILES string of the molecule is CCc1ccc(C[C@@H](N)C(=O)N2CCC(N3CCN(C(C)C)CC3)CC2)cc1CC. The third-order valence-electron chi connectivity index (χ3n) is 7.18. The molecule has 0 spiro atoms. The minimum atomic E-state index is -0.437. The summed E-state index contributed by atoms with van der Waals surface area (Å²) in [5.74, 6) is 0.121. The molecular weight excluding hydrogens is 372 g/mol. The molecule has 1 amide bonds. The number of piperidine rings is 1. The molecule has 2 aliphatic heterocycles. The highest BCUT2D eigenvalue weighted by Gasteiger charge is 2.31. The van der Waals surface area contributed by atoms with Gasteiger partial charge in [0, 0.05) is 51.4 Å². The maximum absolute atomic E-state index is 13.0. The quantitative estimate of drug-likeness (QED) is 0.745. The maximum Gasteiger partial charge on any atom is 0.239 e. The van der Waals surface area contributed by atoms with E-state index >= 15 is 0 Å². The van der Waals surface area contributed by atoms with Crippen molar-refractivity contribution in [1.82, 2.24) is 14.7 Å². The molecule has 0 radical (unpaired) electrons.